The van der Waals surface area contributed by atoms with E-state index in [9.17, 15) is 0 Å². The van der Waals surface area contributed by atoms with Crippen LogP contribution in [0.25, 0.3) is 98.1 Å². The summed E-state index contributed by atoms with van der Waals surface area (Å²) in [5.41, 5.74) is 1.88. The molecule has 0 aliphatic heterocycles. The second-order valence-corrected chi connectivity index (χ2v) is 15.6. The third kappa shape index (κ3) is 5.22. The predicted octanol–water partition coefficient (Wildman–Crippen LogP) is -7.82. The number of rotatable bonds is 2. The third-order valence-corrected chi connectivity index (χ3v) is 12.6. The summed E-state index contributed by atoms with van der Waals surface area (Å²) in [7, 11) is 115. The number of furan rings is 1. The highest BCUT2D eigenvalue weighted by Crippen LogP contribution is 2.42. The van der Waals surface area contributed by atoms with E-state index in [1.807, 2.05) is 48.5 Å². The molecule has 1 nitrogen and oxygen atoms in total. The normalized spacial score (nSPS) is 12.0. The summed E-state index contributed by atoms with van der Waals surface area (Å²) in [6, 6.07) is 18.1. The first-order valence-electron chi connectivity index (χ1n) is 19.0. The minimum Gasteiger partial charge on any atom is -0.456 e. The maximum atomic E-state index is 7.32. The van der Waals surface area contributed by atoms with Gasteiger partial charge in [0.2, 0.25) is 0 Å². The Morgan fingerprint density at radius 2 is 0.661 bits per heavy atom. The molecule has 0 atom stereocenters. The summed E-state index contributed by atoms with van der Waals surface area (Å²) in [6.07, 6.45) is 0. The predicted molar refractivity (Wildman–Crippen MR) is 284 cm³/mol. The third-order valence-electron chi connectivity index (χ3n) is 12.6. The quantitative estimate of drug-likeness (QED) is 0.0979. The van der Waals surface area contributed by atoms with Gasteiger partial charge in [-0.1, -0.05) is 109 Å². The van der Waals surface area contributed by atoms with Crippen molar-refractivity contribution in [3.63, 3.8) is 0 Å². The van der Waals surface area contributed by atoms with Gasteiger partial charge in [0.15, 0.2) is 0 Å². The highest BCUT2D eigenvalue weighted by Gasteiger charge is 2.29. The maximum absolute atomic E-state index is 7.32. The SMILES string of the molecule is [B]c1c(-c2c3c([B])c([B])c([B])c([B])c3c(-c3ccc4c(ccc5ccccc54)c3)c3c([B])c([B])c([B])c([B])c23)c([B])c2c(oc3c4c([B])c([B])c([B])c([B])c4c([B])c([B])c32)c1[B]. The summed E-state index contributed by atoms with van der Waals surface area (Å²) in [5, 5.41) is 6.14. The fourth-order valence-corrected chi connectivity index (χ4v) is 9.37. The first kappa shape index (κ1) is 41.2. The van der Waals surface area contributed by atoms with Gasteiger partial charge in [0.05, 0.1) is 0 Å². The molecule has 1 heterocycles. The monoisotopic (exact) mass is 740 g/mol. The molecule has 1 aromatic heterocycles. The maximum Gasteiger partial charge on any atom is 0.141 e. The van der Waals surface area contributed by atoms with Crippen LogP contribution < -0.4 is 92.9 Å². The molecular weight excluding hydrogens is 728 g/mol. The molecular formula is C44H9B17O. The van der Waals surface area contributed by atoms with Crippen LogP contribution in [-0.4, -0.2) is 133 Å². The Balaban J connectivity index is 1.46. The first-order chi connectivity index (χ1) is 29.4. The van der Waals surface area contributed by atoms with Gasteiger partial charge in [0.25, 0.3) is 0 Å². The van der Waals surface area contributed by atoms with E-state index < -0.39 is 0 Å². The van der Waals surface area contributed by atoms with Crippen molar-refractivity contribution in [2.45, 2.75) is 0 Å². The van der Waals surface area contributed by atoms with Crippen LogP contribution in [0.5, 0.6) is 0 Å². The molecule has 242 valence electrons. The van der Waals surface area contributed by atoms with Crippen molar-refractivity contribution in [1.29, 1.82) is 0 Å². The van der Waals surface area contributed by atoms with Crippen molar-refractivity contribution in [2.75, 3.05) is 0 Å². The number of benzene rings is 9. The summed E-state index contributed by atoms with van der Waals surface area (Å²) >= 11 is 0. The summed E-state index contributed by atoms with van der Waals surface area (Å²) in [6.45, 7) is 0. The highest BCUT2D eigenvalue weighted by atomic mass is 16.3. The molecule has 18 heteroatoms. The topological polar surface area (TPSA) is 13.1 Å². The van der Waals surface area contributed by atoms with Gasteiger partial charge in [0.1, 0.15) is 145 Å². The first-order valence-corrected chi connectivity index (χ1v) is 19.0. The van der Waals surface area contributed by atoms with Crippen LogP contribution >= 0.6 is 0 Å². The standard InChI is InChI=1S/C44H9B17O/c45-26-21(33(52)42(61)44-24(26)25-34(53)31(50)22-23(43(25)62-44)35(54)41(60)40(59)32(22)51)16-19-17(27(46)36(55)38(57)29(19)48)15(18-20(16)30(49)39(58)37(56)28(18)47)12-7-8-14-11(9-12)6-5-10-3-1-2-4-13(10)14/h1-9H. The van der Waals surface area contributed by atoms with E-state index in [2.05, 4.69) is 6.07 Å². The number of hydrogen-bond donors (Lipinski definition) is 0. The zero-order valence-corrected chi connectivity index (χ0v) is 32.9. The van der Waals surface area contributed by atoms with E-state index >= 15 is 0 Å². The molecule has 0 aliphatic carbocycles. The molecule has 62 heavy (non-hydrogen) atoms. The van der Waals surface area contributed by atoms with Gasteiger partial charge in [-0.25, -0.2) is 0 Å². The van der Waals surface area contributed by atoms with Crippen LogP contribution in [0.4, 0.5) is 0 Å². The molecule has 0 amide bonds. The van der Waals surface area contributed by atoms with Gasteiger partial charge in [-0.3, -0.25) is 0 Å². The van der Waals surface area contributed by atoms with Crippen molar-refractivity contribution >= 4 is 302 Å². The Labute approximate surface area is 381 Å². The summed E-state index contributed by atoms with van der Waals surface area (Å²) < 4.78 is 6.47. The van der Waals surface area contributed by atoms with E-state index in [4.69, 9.17) is 138 Å². The van der Waals surface area contributed by atoms with Gasteiger partial charge in [-0.05, 0) is 76.8 Å². The molecule has 10 aromatic rings. The van der Waals surface area contributed by atoms with E-state index in [-0.39, 0.29) is 147 Å². The van der Waals surface area contributed by atoms with Gasteiger partial charge < -0.3 is 4.42 Å². The van der Waals surface area contributed by atoms with Crippen LogP contribution in [-0.2, 0) is 0 Å². The molecule has 0 spiro atoms. The van der Waals surface area contributed by atoms with Crippen LogP contribution in [0.3, 0.4) is 0 Å². The van der Waals surface area contributed by atoms with E-state index in [0.717, 1.165) is 21.5 Å². The number of fused-ring (bicyclic) bond motifs is 10. The lowest BCUT2D eigenvalue weighted by molar-refractivity contribution is 0.676. The molecule has 9 aromatic carbocycles. The van der Waals surface area contributed by atoms with Crippen molar-refractivity contribution < 1.29 is 4.42 Å². The minimum atomic E-state index is -0.0594. The summed E-state index contributed by atoms with van der Waals surface area (Å²) in [4.78, 5) is 0. The molecule has 0 saturated heterocycles. The fraction of sp³-hybridized carbons (Fsp3) is 0. The Kier molecular flexibility index (Phi) is 9.37. The molecule has 10 rings (SSSR count). The molecule has 0 bridgehead atoms. The van der Waals surface area contributed by atoms with E-state index in [1.54, 1.807) is 0 Å². The number of hydrogen-bond acceptors (Lipinski definition) is 1. The Hall–Kier alpha value is -4.82. The van der Waals surface area contributed by atoms with Crippen LogP contribution in [0, 0.1) is 0 Å². The van der Waals surface area contributed by atoms with Crippen LogP contribution in [0.2, 0.25) is 0 Å². The molecule has 34 radical (unpaired) electrons. The Morgan fingerprint density at radius 3 is 1.23 bits per heavy atom. The smallest absolute Gasteiger partial charge is 0.141 e. The highest BCUT2D eigenvalue weighted by molar-refractivity contribution is 6.74. The second-order valence-electron chi connectivity index (χ2n) is 15.6. The van der Waals surface area contributed by atoms with Crippen LogP contribution in [0.15, 0.2) is 59.0 Å². The van der Waals surface area contributed by atoms with E-state index in [0.29, 0.717) is 21.9 Å². The minimum absolute atomic E-state index is 0.000490. The zero-order chi connectivity index (χ0) is 44.3. The lowest BCUT2D eigenvalue weighted by Gasteiger charge is -2.30. The average molecular weight is 737 g/mol. The zero-order valence-electron chi connectivity index (χ0n) is 32.9. The Bertz CT molecular complexity index is 3700. The largest absolute Gasteiger partial charge is 0.456 e. The molecule has 0 fully saturated rings. The van der Waals surface area contributed by atoms with E-state index in [1.165, 1.54) is 0 Å². The molecule has 0 unspecified atom stereocenters. The van der Waals surface area contributed by atoms with Gasteiger partial charge in [-0.2, -0.15) is 0 Å². The fourth-order valence-electron chi connectivity index (χ4n) is 9.37. The van der Waals surface area contributed by atoms with Crippen LogP contribution in [0.1, 0.15) is 0 Å². The van der Waals surface area contributed by atoms with Crippen molar-refractivity contribution in [3.8, 4) is 22.3 Å². The van der Waals surface area contributed by atoms with Gasteiger partial charge in [-0.15, -0.1) is 32.8 Å². The Morgan fingerprint density at radius 1 is 0.258 bits per heavy atom. The second kappa shape index (κ2) is 14.1. The average Bonchev–Trinajstić information content (AvgIpc) is 3.68. The van der Waals surface area contributed by atoms with Crippen molar-refractivity contribution in [1.82, 2.24) is 0 Å². The molecule has 0 saturated carbocycles. The lowest BCUT2D eigenvalue weighted by atomic mass is 9.58. The van der Waals surface area contributed by atoms with Gasteiger partial charge >= 0.3 is 0 Å². The molecule has 0 N–H and O–H groups in total. The lowest BCUT2D eigenvalue weighted by Crippen LogP contribution is -2.50. The van der Waals surface area contributed by atoms with Crippen molar-refractivity contribution in [2.24, 2.45) is 0 Å². The summed E-state index contributed by atoms with van der Waals surface area (Å²) in [5.74, 6) is 0. The molecule has 0 aliphatic rings. The van der Waals surface area contributed by atoms with Gasteiger partial charge in [0, 0.05) is 16.2 Å². The van der Waals surface area contributed by atoms with Crippen molar-refractivity contribution in [3.05, 3.63) is 54.6 Å².